The van der Waals surface area contributed by atoms with Crippen LogP contribution in [0.15, 0.2) is 18.2 Å². The Morgan fingerprint density at radius 2 is 1.56 bits per heavy atom. The Morgan fingerprint density at radius 3 is 2.00 bits per heavy atom. The summed E-state index contributed by atoms with van der Waals surface area (Å²) >= 11 is 0. The predicted molar refractivity (Wildman–Crippen MR) is 67.2 cm³/mol. The summed E-state index contributed by atoms with van der Waals surface area (Å²) in [5.74, 6) is 1.06. The molecule has 1 aromatic rings. The fourth-order valence-corrected chi connectivity index (χ4v) is 1.69. The highest BCUT2D eigenvalue weighted by molar-refractivity contribution is 5.48. The second-order valence-corrected chi connectivity index (χ2v) is 6.11. The van der Waals surface area contributed by atoms with Gasteiger partial charge in [-0.05, 0) is 38.3 Å². The van der Waals surface area contributed by atoms with Gasteiger partial charge in [0.1, 0.15) is 17.1 Å². The van der Waals surface area contributed by atoms with Crippen LogP contribution in [0.3, 0.4) is 0 Å². The van der Waals surface area contributed by atoms with E-state index in [4.69, 9.17) is 4.74 Å². The number of hydrogen-bond donors (Lipinski definition) is 1. The summed E-state index contributed by atoms with van der Waals surface area (Å²) in [4.78, 5) is 0. The number of aromatic hydroxyl groups is 1. The zero-order valence-corrected chi connectivity index (χ0v) is 11.1. The number of rotatable bonds is 1. The van der Waals surface area contributed by atoms with Gasteiger partial charge in [-0.15, -0.1) is 0 Å². The molecule has 0 unspecified atom stereocenters. The minimum atomic E-state index is -0.256. The Labute approximate surface area is 98.3 Å². The average molecular weight is 222 g/mol. The second kappa shape index (κ2) is 4.00. The van der Waals surface area contributed by atoms with E-state index in [0.29, 0.717) is 5.75 Å². The van der Waals surface area contributed by atoms with E-state index >= 15 is 0 Å². The summed E-state index contributed by atoms with van der Waals surface area (Å²) in [6, 6.07) is 5.42. The van der Waals surface area contributed by atoms with E-state index in [-0.39, 0.29) is 11.0 Å². The lowest BCUT2D eigenvalue weighted by Gasteiger charge is -2.28. The minimum Gasteiger partial charge on any atom is -0.508 e. The van der Waals surface area contributed by atoms with Crippen molar-refractivity contribution in [3.8, 4) is 11.5 Å². The first-order valence-electron chi connectivity index (χ1n) is 5.63. The van der Waals surface area contributed by atoms with Crippen molar-refractivity contribution in [1.82, 2.24) is 0 Å². The van der Waals surface area contributed by atoms with Gasteiger partial charge in [0.2, 0.25) is 0 Å². The Kier molecular flexibility index (Phi) is 3.22. The van der Waals surface area contributed by atoms with Gasteiger partial charge in [0, 0.05) is 5.56 Å². The molecule has 0 saturated heterocycles. The number of phenolic OH excluding ortho intramolecular Hbond substituents is 1. The van der Waals surface area contributed by atoms with Crippen molar-refractivity contribution >= 4 is 0 Å². The summed E-state index contributed by atoms with van der Waals surface area (Å²) in [5, 5.41) is 9.94. The first-order valence-corrected chi connectivity index (χ1v) is 5.63. The molecule has 1 N–H and O–H groups in total. The van der Waals surface area contributed by atoms with Crippen molar-refractivity contribution in [1.29, 1.82) is 0 Å². The molecule has 0 aliphatic rings. The molecule has 0 heterocycles. The van der Waals surface area contributed by atoms with Crippen LogP contribution in [-0.4, -0.2) is 10.7 Å². The highest BCUT2D eigenvalue weighted by Crippen LogP contribution is 2.39. The average Bonchev–Trinajstić information content (AvgIpc) is 1.97. The first kappa shape index (κ1) is 12.9. The Morgan fingerprint density at radius 1 is 1.00 bits per heavy atom. The van der Waals surface area contributed by atoms with Crippen molar-refractivity contribution in [2.24, 2.45) is 0 Å². The van der Waals surface area contributed by atoms with Gasteiger partial charge in [0.05, 0.1) is 0 Å². The molecule has 16 heavy (non-hydrogen) atoms. The van der Waals surface area contributed by atoms with Gasteiger partial charge in [-0.3, -0.25) is 0 Å². The molecule has 90 valence electrons. The van der Waals surface area contributed by atoms with Crippen LogP contribution in [0.25, 0.3) is 0 Å². The van der Waals surface area contributed by atoms with Crippen molar-refractivity contribution in [2.45, 2.75) is 52.6 Å². The van der Waals surface area contributed by atoms with Gasteiger partial charge in [-0.1, -0.05) is 26.8 Å². The van der Waals surface area contributed by atoms with E-state index in [1.807, 2.05) is 32.9 Å². The van der Waals surface area contributed by atoms with Gasteiger partial charge < -0.3 is 9.84 Å². The summed E-state index contributed by atoms with van der Waals surface area (Å²) in [6.45, 7) is 12.2. The maximum Gasteiger partial charge on any atom is 0.127 e. The van der Waals surface area contributed by atoms with Crippen molar-refractivity contribution < 1.29 is 9.84 Å². The highest BCUT2D eigenvalue weighted by atomic mass is 16.5. The van der Waals surface area contributed by atoms with Crippen LogP contribution in [0.5, 0.6) is 11.5 Å². The molecule has 0 saturated carbocycles. The summed E-state index contributed by atoms with van der Waals surface area (Å²) in [5.41, 5.74) is 0.477. The maximum absolute atomic E-state index is 9.94. The predicted octanol–water partition coefficient (Wildman–Crippen LogP) is 3.87. The monoisotopic (exact) mass is 222 g/mol. The van der Waals surface area contributed by atoms with E-state index in [1.165, 1.54) is 0 Å². The number of phenols is 1. The van der Waals surface area contributed by atoms with Gasteiger partial charge >= 0.3 is 0 Å². The molecule has 0 amide bonds. The van der Waals surface area contributed by atoms with E-state index < -0.39 is 0 Å². The fourth-order valence-electron chi connectivity index (χ4n) is 1.69. The topological polar surface area (TPSA) is 29.5 Å². The van der Waals surface area contributed by atoms with Gasteiger partial charge in [0.25, 0.3) is 0 Å². The third kappa shape index (κ3) is 3.16. The zero-order chi connectivity index (χ0) is 12.6. The van der Waals surface area contributed by atoms with Crippen LogP contribution >= 0.6 is 0 Å². The number of ether oxygens (including phenoxy) is 1. The fraction of sp³-hybridized carbons (Fsp3) is 0.571. The van der Waals surface area contributed by atoms with Crippen LogP contribution in [-0.2, 0) is 5.41 Å². The molecule has 1 rings (SSSR count). The third-order valence-electron chi connectivity index (χ3n) is 2.17. The molecule has 0 aliphatic heterocycles. The number of hydrogen-bond acceptors (Lipinski definition) is 2. The normalized spacial score (nSPS) is 12.6. The van der Waals surface area contributed by atoms with Crippen molar-refractivity contribution in [3.63, 3.8) is 0 Å². The maximum atomic E-state index is 9.94. The standard InChI is InChI=1S/C14H22O2/c1-13(2,3)12-10(15)8-7-9-11(12)16-14(4,5)6/h7-9,15H,1-6H3. The van der Waals surface area contributed by atoms with E-state index in [0.717, 1.165) is 11.3 Å². The Balaban J connectivity index is 3.24. The minimum absolute atomic E-state index is 0.133. The molecule has 0 radical (unpaired) electrons. The quantitative estimate of drug-likeness (QED) is 0.781. The molecular weight excluding hydrogens is 200 g/mol. The zero-order valence-electron chi connectivity index (χ0n) is 11.1. The molecule has 2 nitrogen and oxygen atoms in total. The van der Waals surface area contributed by atoms with Gasteiger partial charge in [0.15, 0.2) is 0 Å². The van der Waals surface area contributed by atoms with E-state index in [2.05, 4.69) is 20.8 Å². The smallest absolute Gasteiger partial charge is 0.127 e. The molecule has 1 aromatic carbocycles. The van der Waals surface area contributed by atoms with Crippen LogP contribution in [0.2, 0.25) is 0 Å². The largest absolute Gasteiger partial charge is 0.508 e. The molecule has 0 bridgehead atoms. The van der Waals surface area contributed by atoms with Crippen molar-refractivity contribution in [3.05, 3.63) is 23.8 Å². The molecule has 0 aromatic heterocycles. The van der Waals surface area contributed by atoms with Crippen LogP contribution in [0.1, 0.15) is 47.1 Å². The third-order valence-corrected chi connectivity index (χ3v) is 2.17. The highest BCUT2D eigenvalue weighted by Gasteiger charge is 2.25. The Bertz CT molecular complexity index is 367. The second-order valence-electron chi connectivity index (χ2n) is 6.11. The summed E-state index contributed by atoms with van der Waals surface area (Å²) in [6.07, 6.45) is 0. The SMILES string of the molecule is CC(C)(C)Oc1cccc(O)c1C(C)(C)C. The molecule has 0 fully saturated rings. The van der Waals surface area contributed by atoms with Gasteiger partial charge in [-0.25, -0.2) is 0 Å². The number of benzene rings is 1. The summed E-state index contributed by atoms with van der Waals surface area (Å²) < 4.78 is 5.88. The van der Waals surface area contributed by atoms with Gasteiger partial charge in [-0.2, -0.15) is 0 Å². The van der Waals surface area contributed by atoms with Crippen LogP contribution in [0, 0.1) is 0 Å². The molecular formula is C14H22O2. The van der Waals surface area contributed by atoms with Crippen LogP contribution < -0.4 is 4.74 Å². The molecule has 0 atom stereocenters. The van der Waals surface area contributed by atoms with E-state index in [9.17, 15) is 5.11 Å². The van der Waals surface area contributed by atoms with Crippen molar-refractivity contribution in [2.75, 3.05) is 0 Å². The van der Waals surface area contributed by atoms with Crippen LogP contribution in [0.4, 0.5) is 0 Å². The first-order chi connectivity index (χ1) is 7.11. The lowest BCUT2D eigenvalue weighted by atomic mass is 9.85. The summed E-state index contributed by atoms with van der Waals surface area (Å²) in [7, 11) is 0. The van der Waals surface area contributed by atoms with E-state index in [1.54, 1.807) is 6.07 Å². The lowest BCUT2D eigenvalue weighted by molar-refractivity contribution is 0.127. The Hall–Kier alpha value is -1.18. The molecule has 0 spiro atoms. The molecule has 2 heteroatoms. The lowest BCUT2D eigenvalue weighted by Crippen LogP contribution is -2.25. The molecule has 0 aliphatic carbocycles.